The van der Waals surface area contributed by atoms with Crippen molar-refractivity contribution in [2.24, 2.45) is 0 Å². The minimum Gasteiger partial charge on any atom is -0.492 e. The lowest BCUT2D eigenvalue weighted by Gasteiger charge is -2.16. The first-order chi connectivity index (χ1) is 12.4. The van der Waals surface area contributed by atoms with E-state index in [1.165, 1.54) is 5.56 Å². The lowest BCUT2D eigenvalue weighted by Crippen LogP contribution is -2.30. The summed E-state index contributed by atoms with van der Waals surface area (Å²) in [5, 5.41) is 0.741. The standard InChI is InChI=1S/C20H25N3O2S/c1-13-6-8-16(9-7-13)25-11-10-23-17(12-22(4)5)21-19-18(20(23)24)14(2)15(3)26-19/h6-9H,10-12H2,1-5H3. The number of aromatic nitrogens is 2. The molecule has 0 spiro atoms. The maximum absolute atomic E-state index is 13.1. The lowest BCUT2D eigenvalue weighted by atomic mass is 10.2. The zero-order valence-electron chi connectivity index (χ0n) is 16.0. The molecule has 0 aliphatic rings. The number of aryl methyl sites for hydroxylation is 3. The van der Waals surface area contributed by atoms with Crippen molar-refractivity contribution < 1.29 is 4.74 Å². The third-order valence-corrected chi connectivity index (χ3v) is 5.53. The van der Waals surface area contributed by atoms with Crippen LogP contribution in [0.3, 0.4) is 0 Å². The predicted molar refractivity (Wildman–Crippen MR) is 107 cm³/mol. The molecule has 0 radical (unpaired) electrons. The molecule has 0 N–H and O–H groups in total. The molecule has 5 nitrogen and oxygen atoms in total. The molecule has 0 bridgehead atoms. The van der Waals surface area contributed by atoms with Crippen LogP contribution in [0.15, 0.2) is 29.1 Å². The van der Waals surface area contributed by atoms with Crippen LogP contribution in [0.25, 0.3) is 10.2 Å². The Labute approximate surface area is 157 Å². The van der Waals surface area contributed by atoms with Crippen LogP contribution >= 0.6 is 11.3 Å². The fourth-order valence-corrected chi connectivity index (χ4v) is 3.93. The second-order valence-corrected chi connectivity index (χ2v) is 8.05. The summed E-state index contributed by atoms with van der Waals surface area (Å²) in [5.41, 5.74) is 2.26. The van der Waals surface area contributed by atoms with Gasteiger partial charge in [-0.3, -0.25) is 9.36 Å². The van der Waals surface area contributed by atoms with Crippen LogP contribution in [0.1, 0.15) is 21.8 Å². The van der Waals surface area contributed by atoms with E-state index < -0.39 is 0 Å². The molecular formula is C20H25N3O2S. The third kappa shape index (κ3) is 3.81. The Morgan fingerprint density at radius 3 is 2.50 bits per heavy atom. The highest BCUT2D eigenvalue weighted by atomic mass is 32.1. The van der Waals surface area contributed by atoms with Crippen LogP contribution in [0.4, 0.5) is 0 Å². The molecule has 3 aromatic rings. The molecule has 26 heavy (non-hydrogen) atoms. The highest BCUT2D eigenvalue weighted by molar-refractivity contribution is 7.18. The number of thiophene rings is 1. The van der Waals surface area contributed by atoms with Gasteiger partial charge >= 0.3 is 0 Å². The largest absolute Gasteiger partial charge is 0.492 e. The van der Waals surface area contributed by atoms with Crippen molar-refractivity contribution in [2.75, 3.05) is 20.7 Å². The van der Waals surface area contributed by atoms with Gasteiger partial charge < -0.3 is 9.64 Å². The summed E-state index contributed by atoms with van der Waals surface area (Å²) in [6.07, 6.45) is 0. The molecule has 2 heterocycles. The van der Waals surface area contributed by atoms with Crippen LogP contribution in [0, 0.1) is 20.8 Å². The Bertz CT molecular complexity index is 971. The maximum Gasteiger partial charge on any atom is 0.262 e. The second-order valence-electron chi connectivity index (χ2n) is 6.85. The zero-order valence-corrected chi connectivity index (χ0v) is 16.8. The molecule has 0 aliphatic carbocycles. The Morgan fingerprint density at radius 1 is 1.15 bits per heavy atom. The van der Waals surface area contributed by atoms with Crippen molar-refractivity contribution in [3.8, 4) is 5.75 Å². The van der Waals surface area contributed by atoms with Crippen molar-refractivity contribution in [1.82, 2.24) is 14.5 Å². The first-order valence-electron chi connectivity index (χ1n) is 8.70. The van der Waals surface area contributed by atoms with Gasteiger partial charge in [0.05, 0.1) is 18.5 Å². The maximum atomic E-state index is 13.1. The zero-order chi connectivity index (χ0) is 18.8. The van der Waals surface area contributed by atoms with Crippen LogP contribution in [0.5, 0.6) is 5.75 Å². The molecule has 6 heteroatoms. The van der Waals surface area contributed by atoms with E-state index >= 15 is 0 Å². The van der Waals surface area contributed by atoms with Gasteiger partial charge in [0.15, 0.2) is 0 Å². The predicted octanol–water partition coefficient (Wildman–Crippen LogP) is 3.52. The lowest BCUT2D eigenvalue weighted by molar-refractivity contribution is 0.288. The highest BCUT2D eigenvalue weighted by Crippen LogP contribution is 2.26. The van der Waals surface area contributed by atoms with Gasteiger partial charge in [-0.15, -0.1) is 11.3 Å². The van der Waals surface area contributed by atoms with E-state index in [1.807, 2.05) is 64.0 Å². The van der Waals surface area contributed by atoms with Crippen LogP contribution in [-0.2, 0) is 13.1 Å². The van der Waals surface area contributed by atoms with Crippen LogP contribution in [-0.4, -0.2) is 35.2 Å². The summed E-state index contributed by atoms with van der Waals surface area (Å²) in [7, 11) is 3.96. The highest BCUT2D eigenvalue weighted by Gasteiger charge is 2.16. The van der Waals surface area contributed by atoms with Crippen molar-refractivity contribution in [1.29, 1.82) is 0 Å². The fourth-order valence-electron chi connectivity index (χ4n) is 2.89. The average molecular weight is 372 g/mol. The molecule has 0 saturated heterocycles. The number of fused-ring (bicyclic) bond motifs is 1. The molecule has 0 atom stereocenters. The first kappa shape index (κ1) is 18.6. The summed E-state index contributed by atoms with van der Waals surface area (Å²) in [6, 6.07) is 7.94. The monoisotopic (exact) mass is 371 g/mol. The molecule has 2 aromatic heterocycles. The van der Waals surface area contributed by atoms with Gasteiger partial charge in [0.25, 0.3) is 5.56 Å². The normalized spacial score (nSPS) is 11.5. The van der Waals surface area contributed by atoms with Gasteiger partial charge in [-0.25, -0.2) is 4.98 Å². The van der Waals surface area contributed by atoms with Crippen molar-refractivity contribution in [2.45, 2.75) is 33.9 Å². The van der Waals surface area contributed by atoms with Crippen LogP contribution < -0.4 is 10.3 Å². The van der Waals surface area contributed by atoms with Gasteiger partial charge in [-0.1, -0.05) is 17.7 Å². The number of ether oxygens (including phenoxy) is 1. The number of hydrogen-bond acceptors (Lipinski definition) is 5. The van der Waals surface area contributed by atoms with E-state index in [0.717, 1.165) is 32.2 Å². The smallest absolute Gasteiger partial charge is 0.262 e. The summed E-state index contributed by atoms with van der Waals surface area (Å²) in [6.45, 7) is 7.61. The van der Waals surface area contributed by atoms with Crippen molar-refractivity contribution in [3.63, 3.8) is 0 Å². The Hall–Kier alpha value is -2.18. The van der Waals surface area contributed by atoms with Gasteiger partial charge in [-0.2, -0.15) is 0 Å². The molecule has 0 unspecified atom stereocenters. The van der Waals surface area contributed by atoms with Gasteiger partial charge in [0, 0.05) is 4.88 Å². The third-order valence-electron chi connectivity index (χ3n) is 4.43. The molecule has 0 saturated carbocycles. The Morgan fingerprint density at radius 2 is 1.85 bits per heavy atom. The SMILES string of the molecule is Cc1ccc(OCCn2c(CN(C)C)nc3sc(C)c(C)c3c2=O)cc1. The Kier molecular flexibility index (Phi) is 5.44. The summed E-state index contributed by atoms with van der Waals surface area (Å²) in [4.78, 5) is 21.9. The molecule has 3 rings (SSSR count). The van der Waals surface area contributed by atoms with E-state index in [2.05, 4.69) is 0 Å². The minimum atomic E-state index is 0.0289. The quantitative estimate of drug-likeness (QED) is 0.665. The van der Waals surface area contributed by atoms with Crippen molar-refractivity contribution >= 4 is 21.6 Å². The number of hydrogen-bond donors (Lipinski definition) is 0. The number of nitrogens with zero attached hydrogens (tertiary/aromatic N) is 3. The molecule has 1 aromatic carbocycles. The minimum absolute atomic E-state index is 0.0289. The van der Waals surface area contributed by atoms with E-state index in [-0.39, 0.29) is 5.56 Å². The van der Waals surface area contributed by atoms with Gasteiger partial charge in [0.2, 0.25) is 0 Å². The average Bonchev–Trinajstić information content (AvgIpc) is 2.86. The molecule has 0 amide bonds. The topological polar surface area (TPSA) is 47.4 Å². The number of rotatable bonds is 6. The number of benzene rings is 1. The van der Waals surface area contributed by atoms with E-state index in [4.69, 9.17) is 9.72 Å². The summed E-state index contributed by atoms with van der Waals surface area (Å²) in [5.74, 6) is 1.59. The van der Waals surface area contributed by atoms with E-state index in [1.54, 1.807) is 15.9 Å². The van der Waals surface area contributed by atoms with E-state index in [0.29, 0.717) is 19.7 Å². The second kappa shape index (κ2) is 7.60. The molecule has 0 aliphatic heterocycles. The van der Waals surface area contributed by atoms with Gasteiger partial charge in [0.1, 0.15) is 23.0 Å². The van der Waals surface area contributed by atoms with Crippen LogP contribution in [0.2, 0.25) is 0 Å². The molecule has 138 valence electrons. The molecule has 0 fully saturated rings. The summed E-state index contributed by atoms with van der Waals surface area (Å²) >= 11 is 1.59. The van der Waals surface area contributed by atoms with E-state index in [9.17, 15) is 4.79 Å². The van der Waals surface area contributed by atoms with Crippen molar-refractivity contribution in [3.05, 3.63) is 56.4 Å². The van der Waals surface area contributed by atoms with Gasteiger partial charge in [-0.05, 0) is 52.6 Å². The fraction of sp³-hybridized carbons (Fsp3) is 0.400. The summed E-state index contributed by atoms with van der Waals surface area (Å²) < 4.78 is 7.59. The Balaban J connectivity index is 1.91. The first-order valence-corrected chi connectivity index (χ1v) is 9.52. The molecular weight excluding hydrogens is 346 g/mol.